The first-order chi connectivity index (χ1) is 10.4. The van der Waals surface area contributed by atoms with Gasteiger partial charge in [-0.2, -0.15) is 9.78 Å². The second-order valence-corrected chi connectivity index (χ2v) is 5.29. The summed E-state index contributed by atoms with van der Waals surface area (Å²) in [6.45, 7) is 7.67. The zero-order chi connectivity index (χ0) is 16.3. The number of hydrazone groups is 1. The van der Waals surface area contributed by atoms with Crippen molar-refractivity contribution in [2.75, 3.05) is 5.73 Å². The second kappa shape index (κ2) is 6.33. The summed E-state index contributed by atoms with van der Waals surface area (Å²) in [6, 6.07) is 0. The summed E-state index contributed by atoms with van der Waals surface area (Å²) < 4.78 is 5.79. The van der Waals surface area contributed by atoms with E-state index in [4.69, 9.17) is 5.73 Å². The van der Waals surface area contributed by atoms with E-state index in [1.165, 1.54) is 4.68 Å². The van der Waals surface area contributed by atoms with Gasteiger partial charge in [0.05, 0.1) is 5.69 Å². The molecule has 0 aliphatic rings. The number of aromatic nitrogens is 5. The van der Waals surface area contributed by atoms with Gasteiger partial charge in [0.15, 0.2) is 5.69 Å². The number of hydrogen-bond acceptors (Lipinski definition) is 8. The van der Waals surface area contributed by atoms with Crippen molar-refractivity contribution in [2.45, 2.75) is 34.1 Å². The minimum atomic E-state index is -0.457. The summed E-state index contributed by atoms with van der Waals surface area (Å²) in [5.41, 5.74) is 9.47. The Morgan fingerprint density at radius 3 is 2.77 bits per heavy atom. The SMILES string of the molecule is C/C(CC(C)C)=N/NC(=O)c1nnn(-c2nonc2N)c1C. The Hall–Kier alpha value is -2.78. The van der Waals surface area contributed by atoms with E-state index < -0.39 is 5.91 Å². The second-order valence-electron chi connectivity index (χ2n) is 5.29. The summed E-state index contributed by atoms with van der Waals surface area (Å²) >= 11 is 0. The molecular formula is C12H18N8O2. The maximum atomic E-state index is 12.1. The Bertz CT molecular complexity index is 700. The molecule has 0 fully saturated rings. The molecule has 118 valence electrons. The molecule has 0 unspecified atom stereocenters. The van der Waals surface area contributed by atoms with E-state index in [2.05, 4.69) is 49.6 Å². The number of anilines is 1. The molecule has 1 amide bonds. The van der Waals surface area contributed by atoms with E-state index in [9.17, 15) is 4.79 Å². The van der Waals surface area contributed by atoms with E-state index in [1.54, 1.807) is 6.92 Å². The minimum absolute atomic E-state index is 0.0609. The van der Waals surface area contributed by atoms with Gasteiger partial charge in [-0.1, -0.05) is 19.1 Å². The van der Waals surface area contributed by atoms with Gasteiger partial charge in [-0.3, -0.25) is 4.79 Å². The van der Waals surface area contributed by atoms with Crippen LogP contribution in [0.15, 0.2) is 9.73 Å². The molecule has 0 spiro atoms. The molecule has 0 radical (unpaired) electrons. The average molecular weight is 306 g/mol. The first-order valence-electron chi connectivity index (χ1n) is 6.74. The number of amides is 1. The van der Waals surface area contributed by atoms with Crippen molar-refractivity contribution in [3.63, 3.8) is 0 Å². The highest BCUT2D eigenvalue weighted by atomic mass is 16.6. The lowest BCUT2D eigenvalue weighted by Crippen LogP contribution is -2.21. The van der Waals surface area contributed by atoms with Crippen LogP contribution in [0.3, 0.4) is 0 Å². The van der Waals surface area contributed by atoms with Crippen molar-refractivity contribution in [2.24, 2.45) is 11.0 Å². The van der Waals surface area contributed by atoms with E-state index >= 15 is 0 Å². The average Bonchev–Trinajstić information content (AvgIpc) is 3.01. The van der Waals surface area contributed by atoms with Gasteiger partial charge >= 0.3 is 0 Å². The lowest BCUT2D eigenvalue weighted by Gasteiger charge is -2.04. The molecule has 0 bridgehead atoms. The number of carbonyl (C=O) groups is 1. The maximum absolute atomic E-state index is 12.1. The van der Waals surface area contributed by atoms with E-state index in [-0.39, 0.29) is 17.3 Å². The van der Waals surface area contributed by atoms with Gasteiger partial charge < -0.3 is 5.73 Å². The van der Waals surface area contributed by atoms with Gasteiger partial charge in [0.2, 0.25) is 11.6 Å². The fourth-order valence-corrected chi connectivity index (χ4v) is 1.91. The topological polar surface area (TPSA) is 137 Å². The third-order valence-electron chi connectivity index (χ3n) is 2.86. The lowest BCUT2D eigenvalue weighted by molar-refractivity contribution is 0.0949. The van der Waals surface area contributed by atoms with Crippen LogP contribution in [0.2, 0.25) is 0 Å². The van der Waals surface area contributed by atoms with Crippen molar-refractivity contribution in [1.82, 2.24) is 30.7 Å². The molecule has 2 rings (SSSR count). The van der Waals surface area contributed by atoms with Crippen LogP contribution in [0.4, 0.5) is 5.82 Å². The molecule has 3 N–H and O–H groups in total. The highest BCUT2D eigenvalue weighted by molar-refractivity contribution is 5.94. The molecule has 2 aromatic heterocycles. The zero-order valence-electron chi connectivity index (χ0n) is 12.9. The van der Waals surface area contributed by atoms with Crippen LogP contribution in [-0.4, -0.2) is 36.9 Å². The van der Waals surface area contributed by atoms with Gasteiger partial charge in [-0.25, -0.2) is 10.1 Å². The summed E-state index contributed by atoms with van der Waals surface area (Å²) in [6.07, 6.45) is 0.799. The van der Waals surface area contributed by atoms with Crippen LogP contribution < -0.4 is 11.2 Å². The molecule has 0 saturated carbocycles. The number of nitrogens with zero attached hydrogens (tertiary/aromatic N) is 6. The summed E-state index contributed by atoms with van der Waals surface area (Å²) in [5.74, 6) is 0.252. The van der Waals surface area contributed by atoms with Crippen LogP contribution in [0.5, 0.6) is 0 Å². The Morgan fingerprint density at radius 1 is 1.45 bits per heavy atom. The van der Waals surface area contributed by atoms with E-state index in [1.807, 2.05) is 6.92 Å². The molecule has 10 nitrogen and oxygen atoms in total. The van der Waals surface area contributed by atoms with E-state index in [0.717, 1.165) is 12.1 Å². The molecule has 0 aromatic carbocycles. The van der Waals surface area contributed by atoms with Gasteiger partial charge in [0.1, 0.15) is 0 Å². The van der Waals surface area contributed by atoms with Crippen molar-refractivity contribution >= 4 is 17.4 Å². The third-order valence-corrected chi connectivity index (χ3v) is 2.86. The quantitative estimate of drug-likeness (QED) is 0.612. The Balaban J connectivity index is 2.15. The Morgan fingerprint density at radius 2 is 2.18 bits per heavy atom. The van der Waals surface area contributed by atoms with Crippen LogP contribution >= 0.6 is 0 Å². The molecule has 22 heavy (non-hydrogen) atoms. The molecule has 2 aromatic rings. The van der Waals surface area contributed by atoms with Gasteiger partial charge in [-0.05, 0) is 36.5 Å². The fourth-order valence-electron chi connectivity index (χ4n) is 1.91. The van der Waals surface area contributed by atoms with Crippen molar-refractivity contribution in [1.29, 1.82) is 0 Å². The normalized spacial score (nSPS) is 12.0. The largest absolute Gasteiger partial charge is 0.378 e. The molecular weight excluding hydrogens is 288 g/mol. The first-order valence-corrected chi connectivity index (χ1v) is 6.74. The monoisotopic (exact) mass is 306 g/mol. The van der Waals surface area contributed by atoms with Crippen molar-refractivity contribution < 1.29 is 9.42 Å². The Kier molecular flexibility index (Phi) is 4.49. The van der Waals surface area contributed by atoms with Crippen LogP contribution in [0.1, 0.15) is 43.4 Å². The highest BCUT2D eigenvalue weighted by Crippen LogP contribution is 2.14. The Labute approximate surface area is 126 Å². The molecule has 0 atom stereocenters. The van der Waals surface area contributed by atoms with Crippen LogP contribution in [0, 0.1) is 12.8 Å². The molecule has 2 heterocycles. The predicted molar refractivity (Wildman–Crippen MR) is 78.4 cm³/mol. The minimum Gasteiger partial charge on any atom is -0.378 e. The molecule has 0 saturated heterocycles. The third kappa shape index (κ3) is 3.27. The number of nitrogens with two attached hydrogens (primary N) is 1. The van der Waals surface area contributed by atoms with Gasteiger partial charge in [0, 0.05) is 5.71 Å². The molecule has 0 aliphatic carbocycles. The number of hydrogen-bond donors (Lipinski definition) is 2. The number of carbonyl (C=O) groups excluding carboxylic acids is 1. The predicted octanol–water partition coefficient (Wildman–Crippen LogP) is 0.693. The fraction of sp³-hybridized carbons (Fsp3) is 0.500. The summed E-state index contributed by atoms with van der Waals surface area (Å²) in [7, 11) is 0. The van der Waals surface area contributed by atoms with Crippen molar-refractivity contribution in [3.8, 4) is 5.82 Å². The van der Waals surface area contributed by atoms with Crippen LogP contribution in [0.25, 0.3) is 5.82 Å². The molecule has 0 aliphatic heterocycles. The van der Waals surface area contributed by atoms with E-state index in [0.29, 0.717) is 11.6 Å². The number of nitrogens with one attached hydrogen (secondary N) is 1. The summed E-state index contributed by atoms with van der Waals surface area (Å²) in [4.78, 5) is 12.1. The summed E-state index contributed by atoms with van der Waals surface area (Å²) in [5, 5.41) is 18.8. The molecule has 10 heteroatoms. The van der Waals surface area contributed by atoms with Gasteiger partial charge in [0.25, 0.3) is 5.91 Å². The maximum Gasteiger partial charge on any atom is 0.293 e. The number of rotatable bonds is 5. The number of nitrogen functional groups attached to an aromatic ring is 1. The standard InChI is InChI=1S/C12H18N8O2/c1-6(2)5-7(3)14-16-12(21)9-8(4)20(19-15-9)11-10(13)17-22-18-11/h6H,5H2,1-4H3,(H2,13,17)(H,16,21)/b14-7-. The lowest BCUT2D eigenvalue weighted by atomic mass is 10.1. The zero-order valence-corrected chi connectivity index (χ0v) is 12.9. The smallest absolute Gasteiger partial charge is 0.293 e. The first kappa shape index (κ1) is 15.6. The van der Waals surface area contributed by atoms with Gasteiger partial charge in [-0.15, -0.1) is 5.10 Å². The highest BCUT2D eigenvalue weighted by Gasteiger charge is 2.20. The van der Waals surface area contributed by atoms with Crippen LogP contribution in [-0.2, 0) is 0 Å². The van der Waals surface area contributed by atoms with Crippen molar-refractivity contribution in [3.05, 3.63) is 11.4 Å².